The molecule has 0 saturated carbocycles. The maximum absolute atomic E-state index is 11.8. The molecule has 1 N–H and O–H groups in total. The Morgan fingerprint density at radius 2 is 2.12 bits per heavy atom. The number of aryl methyl sites for hydroxylation is 1. The third kappa shape index (κ3) is 3.34. The number of hydrogen-bond acceptors (Lipinski definition) is 3. The van der Waals surface area contributed by atoms with Crippen LogP contribution in [0.4, 0.5) is 0 Å². The summed E-state index contributed by atoms with van der Waals surface area (Å²) in [6.07, 6.45) is 0.894. The van der Waals surface area contributed by atoms with Crippen molar-refractivity contribution in [2.24, 2.45) is 0 Å². The second-order valence-corrected chi connectivity index (χ2v) is 4.66. The van der Waals surface area contributed by atoms with Crippen molar-refractivity contribution in [3.8, 4) is 0 Å². The van der Waals surface area contributed by atoms with Gasteiger partial charge in [0.25, 0.3) is 5.91 Å². The number of carboxylic acids is 1. The minimum Gasteiger partial charge on any atom is -0.481 e. The number of carbonyl (C=O) groups excluding carboxylic acids is 1. The van der Waals surface area contributed by atoms with Gasteiger partial charge in [0.15, 0.2) is 0 Å². The predicted molar refractivity (Wildman–Crippen MR) is 62.9 cm³/mol. The zero-order chi connectivity index (χ0) is 12.1. The minimum absolute atomic E-state index is 0.0196. The molecule has 0 bridgehead atoms. The van der Waals surface area contributed by atoms with E-state index in [4.69, 9.17) is 5.11 Å². The maximum atomic E-state index is 11.8. The number of nitrogens with zero attached hydrogens (tertiary/aromatic N) is 1. The van der Waals surface area contributed by atoms with Gasteiger partial charge >= 0.3 is 5.97 Å². The van der Waals surface area contributed by atoms with E-state index in [1.54, 1.807) is 13.1 Å². The molecule has 1 aromatic heterocycles. The van der Waals surface area contributed by atoms with Gasteiger partial charge < -0.3 is 10.0 Å². The number of rotatable bonds is 5. The summed E-state index contributed by atoms with van der Waals surface area (Å²) in [6.45, 7) is 2.28. The van der Waals surface area contributed by atoms with Gasteiger partial charge in [-0.1, -0.05) is 6.92 Å². The normalized spacial score (nSPS) is 10.1. The highest BCUT2D eigenvalue weighted by Gasteiger charge is 2.14. The summed E-state index contributed by atoms with van der Waals surface area (Å²) in [4.78, 5) is 25.5. The molecule has 0 fully saturated rings. The number of carbonyl (C=O) groups is 2. The summed E-state index contributed by atoms with van der Waals surface area (Å²) in [5, 5.41) is 8.52. The van der Waals surface area contributed by atoms with Crippen molar-refractivity contribution in [2.45, 2.75) is 19.8 Å². The summed E-state index contributed by atoms with van der Waals surface area (Å²) in [6, 6.07) is 3.73. The van der Waals surface area contributed by atoms with Crippen molar-refractivity contribution in [1.82, 2.24) is 4.90 Å². The Balaban J connectivity index is 2.59. The number of carboxylic acid groups (broad SMARTS) is 1. The fourth-order valence-electron chi connectivity index (χ4n) is 1.24. The molecule has 0 aliphatic heterocycles. The highest BCUT2D eigenvalue weighted by Crippen LogP contribution is 2.18. The van der Waals surface area contributed by atoms with Gasteiger partial charge in [-0.3, -0.25) is 9.59 Å². The largest absolute Gasteiger partial charge is 0.481 e. The zero-order valence-electron chi connectivity index (χ0n) is 9.40. The van der Waals surface area contributed by atoms with Crippen LogP contribution in [-0.4, -0.2) is 35.5 Å². The van der Waals surface area contributed by atoms with Crippen LogP contribution in [0.2, 0.25) is 0 Å². The van der Waals surface area contributed by atoms with E-state index >= 15 is 0 Å². The molecule has 1 aromatic rings. The van der Waals surface area contributed by atoms with Gasteiger partial charge in [-0.25, -0.2) is 0 Å². The smallest absolute Gasteiger partial charge is 0.305 e. The first-order valence-electron chi connectivity index (χ1n) is 5.10. The second-order valence-electron chi connectivity index (χ2n) is 3.49. The Morgan fingerprint density at radius 3 is 2.62 bits per heavy atom. The van der Waals surface area contributed by atoms with Gasteiger partial charge in [-0.05, 0) is 18.6 Å². The summed E-state index contributed by atoms with van der Waals surface area (Å²) in [7, 11) is 1.62. The number of thiophene rings is 1. The lowest BCUT2D eigenvalue weighted by atomic mass is 10.3. The molecule has 0 unspecified atom stereocenters. The van der Waals surface area contributed by atoms with Crippen LogP contribution in [-0.2, 0) is 11.2 Å². The molecule has 1 rings (SSSR count). The number of hydrogen-bond donors (Lipinski definition) is 1. The van der Waals surface area contributed by atoms with Crippen LogP contribution in [0.3, 0.4) is 0 Å². The molecular weight excluding hydrogens is 226 g/mol. The van der Waals surface area contributed by atoms with Crippen molar-refractivity contribution in [2.75, 3.05) is 13.6 Å². The first-order valence-corrected chi connectivity index (χ1v) is 5.92. The summed E-state index contributed by atoms with van der Waals surface area (Å²) < 4.78 is 0. The van der Waals surface area contributed by atoms with Crippen molar-refractivity contribution in [3.63, 3.8) is 0 Å². The van der Waals surface area contributed by atoms with E-state index in [9.17, 15) is 9.59 Å². The third-order valence-electron chi connectivity index (χ3n) is 2.23. The Kier molecular flexibility index (Phi) is 4.49. The monoisotopic (exact) mass is 241 g/mol. The molecule has 0 aromatic carbocycles. The molecule has 0 aliphatic rings. The van der Waals surface area contributed by atoms with Crippen LogP contribution >= 0.6 is 11.3 Å². The first-order chi connectivity index (χ1) is 7.54. The van der Waals surface area contributed by atoms with Gasteiger partial charge in [0.1, 0.15) is 0 Å². The lowest BCUT2D eigenvalue weighted by Gasteiger charge is -2.14. The molecule has 88 valence electrons. The lowest BCUT2D eigenvalue weighted by Crippen LogP contribution is -2.28. The average molecular weight is 241 g/mol. The highest BCUT2D eigenvalue weighted by molar-refractivity contribution is 7.14. The highest BCUT2D eigenvalue weighted by atomic mass is 32.1. The number of amides is 1. The van der Waals surface area contributed by atoms with Crippen LogP contribution in [0.15, 0.2) is 12.1 Å². The van der Waals surface area contributed by atoms with E-state index in [0.717, 1.165) is 11.3 Å². The predicted octanol–water partition coefficient (Wildman–Crippen LogP) is 1.86. The molecule has 16 heavy (non-hydrogen) atoms. The van der Waals surface area contributed by atoms with Crippen LogP contribution in [0.1, 0.15) is 27.9 Å². The molecule has 4 nitrogen and oxygen atoms in total. The summed E-state index contributed by atoms with van der Waals surface area (Å²) in [5.41, 5.74) is 0. The van der Waals surface area contributed by atoms with Crippen molar-refractivity contribution >= 4 is 23.2 Å². The molecule has 0 radical (unpaired) electrons. The van der Waals surface area contributed by atoms with Gasteiger partial charge in [0.2, 0.25) is 0 Å². The molecule has 0 spiro atoms. The molecule has 0 aliphatic carbocycles. The molecular formula is C11H15NO3S. The topological polar surface area (TPSA) is 57.6 Å². The molecule has 0 saturated heterocycles. The van der Waals surface area contributed by atoms with E-state index in [2.05, 4.69) is 0 Å². The fraction of sp³-hybridized carbons (Fsp3) is 0.455. The average Bonchev–Trinajstić information content (AvgIpc) is 2.73. The van der Waals surface area contributed by atoms with E-state index in [1.807, 2.05) is 13.0 Å². The SMILES string of the molecule is CCc1ccc(C(=O)N(C)CCC(=O)O)s1. The van der Waals surface area contributed by atoms with Gasteiger partial charge in [0.05, 0.1) is 11.3 Å². The number of aliphatic carboxylic acids is 1. The lowest BCUT2D eigenvalue weighted by molar-refractivity contribution is -0.137. The van der Waals surface area contributed by atoms with Crippen molar-refractivity contribution < 1.29 is 14.7 Å². The second kappa shape index (κ2) is 5.65. The van der Waals surface area contributed by atoms with Crippen molar-refractivity contribution in [1.29, 1.82) is 0 Å². The Labute approximate surface area is 98.5 Å². The first kappa shape index (κ1) is 12.7. The Morgan fingerprint density at radius 1 is 1.44 bits per heavy atom. The standard InChI is InChI=1S/C11H15NO3S/c1-3-8-4-5-9(16-8)11(15)12(2)7-6-10(13)14/h4-5H,3,6-7H2,1-2H3,(H,13,14). The van der Waals surface area contributed by atoms with Gasteiger partial charge in [-0.2, -0.15) is 0 Å². The summed E-state index contributed by atoms with van der Waals surface area (Å²) in [5.74, 6) is -0.994. The quantitative estimate of drug-likeness (QED) is 0.856. The zero-order valence-corrected chi connectivity index (χ0v) is 10.2. The van der Waals surface area contributed by atoms with E-state index in [-0.39, 0.29) is 18.9 Å². The van der Waals surface area contributed by atoms with Crippen LogP contribution in [0.5, 0.6) is 0 Å². The van der Waals surface area contributed by atoms with Crippen molar-refractivity contribution in [3.05, 3.63) is 21.9 Å². The minimum atomic E-state index is -0.889. The van der Waals surface area contributed by atoms with Crippen LogP contribution in [0, 0.1) is 0 Å². The fourth-order valence-corrected chi connectivity index (χ4v) is 2.18. The van der Waals surface area contributed by atoms with Crippen LogP contribution < -0.4 is 0 Å². The molecule has 1 heterocycles. The Hall–Kier alpha value is -1.36. The maximum Gasteiger partial charge on any atom is 0.305 e. The van der Waals surface area contributed by atoms with Gasteiger partial charge in [0, 0.05) is 18.5 Å². The molecule has 1 amide bonds. The van der Waals surface area contributed by atoms with Crippen LogP contribution in [0.25, 0.3) is 0 Å². The van der Waals surface area contributed by atoms with E-state index < -0.39 is 5.97 Å². The van der Waals surface area contributed by atoms with E-state index in [0.29, 0.717) is 4.88 Å². The third-order valence-corrected chi connectivity index (χ3v) is 3.45. The summed E-state index contributed by atoms with van der Waals surface area (Å²) >= 11 is 1.46. The molecule has 5 heteroatoms. The van der Waals surface area contributed by atoms with Gasteiger partial charge in [-0.15, -0.1) is 11.3 Å². The molecule has 0 atom stereocenters. The Bertz CT molecular complexity index is 386. The van der Waals surface area contributed by atoms with E-state index in [1.165, 1.54) is 16.2 Å².